The Morgan fingerprint density at radius 3 is 2.47 bits per heavy atom. The lowest BCUT2D eigenvalue weighted by Crippen LogP contribution is -2.56. The first-order chi connectivity index (χ1) is 17.8. The summed E-state index contributed by atoms with van der Waals surface area (Å²) in [4.78, 5) is 16.5. The molecule has 10 heteroatoms. The molecule has 1 heterocycles. The molecule has 0 aliphatic heterocycles. The largest absolute Gasteiger partial charge is 0.393 e. The standard InChI is InChI=1S/C22H30N2O2S.C6H5BrO3S/c1-21-8-7-13(25)9-12(21)3-4-14-15-5-6-16(17-11-27-20(23)24-17)22(15,2)10-18(26)19(14)21;7-5-1-3-6(4-2-5)11(8,9)10/h9,11,14-16,18-19,26H,3-8,10H2,1-2H3,(H2,23,24);1-4H,(H,8,9,10)/t14-,15-,16-,18+,19?,21-,22-;/m1./s1. The molecule has 3 fully saturated rings. The molecule has 4 N–H and O–H groups in total. The summed E-state index contributed by atoms with van der Waals surface area (Å²) in [7, 11) is -4.04. The molecule has 7 nitrogen and oxygen atoms in total. The van der Waals surface area contributed by atoms with Gasteiger partial charge in [0, 0.05) is 22.2 Å². The Labute approximate surface area is 236 Å². The van der Waals surface area contributed by atoms with Crippen molar-refractivity contribution in [1.29, 1.82) is 0 Å². The molecule has 4 aliphatic rings. The Balaban J connectivity index is 0.000000226. The maximum atomic E-state index is 12.0. The van der Waals surface area contributed by atoms with Crippen LogP contribution >= 0.6 is 27.3 Å². The average Bonchev–Trinajstić information content (AvgIpc) is 3.41. The number of aliphatic hydroxyl groups excluding tert-OH is 1. The van der Waals surface area contributed by atoms with Gasteiger partial charge in [-0.3, -0.25) is 9.35 Å². The summed E-state index contributed by atoms with van der Waals surface area (Å²) in [5.74, 6) is 2.16. The number of hydrogen-bond donors (Lipinski definition) is 3. The van der Waals surface area contributed by atoms with Gasteiger partial charge < -0.3 is 10.8 Å². The topological polar surface area (TPSA) is 131 Å². The van der Waals surface area contributed by atoms with Crippen LogP contribution in [0, 0.1) is 28.6 Å². The molecule has 0 spiro atoms. The minimum Gasteiger partial charge on any atom is -0.393 e. The predicted octanol–water partition coefficient (Wildman–Crippen LogP) is 6.01. The first-order valence-electron chi connectivity index (χ1n) is 13.2. The molecule has 0 saturated heterocycles. The summed E-state index contributed by atoms with van der Waals surface area (Å²) >= 11 is 4.67. The van der Waals surface area contributed by atoms with Gasteiger partial charge in [0.05, 0.1) is 16.7 Å². The quantitative estimate of drug-likeness (QED) is 0.350. The van der Waals surface area contributed by atoms with Crippen molar-refractivity contribution in [2.45, 2.75) is 75.7 Å². The van der Waals surface area contributed by atoms with Crippen LogP contribution in [0.2, 0.25) is 0 Å². The van der Waals surface area contributed by atoms with Crippen LogP contribution < -0.4 is 5.73 Å². The molecule has 4 aliphatic carbocycles. The fourth-order valence-electron chi connectivity index (χ4n) is 8.24. The zero-order valence-corrected chi connectivity index (χ0v) is 24.9. The number of anilines is 1. The van der Waals surface area contributed by atoms with E-state index in [0.29, 0.717) is 35.2 Å². The monoisotopic (exact) mass is 622 g/mol. The van der Waals surface area contributed by atoms with E-state index in [9.17, 15) is 18.3 Å². The first kappa shape index (κ1) is 28.0. The van der Waals surface area contributed by atoms with Crippen LogP contribution in [0.5, 0.6) is 0 Å². The molecule has 7 atom stereocenters. The molecule has 1 aromatic heterocycles. The molecular formula is C28H35BrN2O5S2. The van der Waals surface area contributed by atoms with Gasteiger partial charge in [-0.2, -0.15) is 8.42 Å². The second kappa shape index (κ2) is 10.1. The molecule has 0 bridgehead atoms. The number of hydrogen-bond acceptors (Lipinski definition) is 7. The number of fused-ring (bicyclic) bond motifs is 5. The minimum absolute atomic E-state index is 0.000713. The number of carbonyl (C=O) groups is 1. The van der Waals surface area contributed by atoms with E-state index in [1.165, 1.54) is 35.5 Å². The van der Waals surface area contributed by atoms with Crippen molar-refractivity contribution in [1.82, 2.24) is 4.98 Å². The number of ketones is 1. The van der Waals surface area contributed by atoms with Crippen LogP contribution in [-0.2, 0) is 14.9 Å². The van der Waals surface area contributed by atoms with Crippen LogP contribution in [0.15, 0.2) is 50.7 Å². The zero-order chi connectivity index (χ0) is 27.5. The van der Waals surface area contributed by atoms with E-state index >= 15 is 0 Å². The number of benzene rings is 1. The molecule has 1 unspecified atom stereocenters. The molecular weight excluding hydrogens is 588 g/mol. The van der Waals surface area contributed by atoms with E-state index in [4.69, 9.17) is 10.3 Å². The maximum Gasteiger partial charge on any atom is 0.294 e. The predicted molar refractivity (Wildman–Crippen MR) is 151 cm³/mol. The third kappa shape index (κ3) is 4.91. The van der Waals surface area contributed by atoms with E-state index < -0.39 is 10.1 Å². The number of aromatic nitrogens is 1. The van der Waals surface area contributed by atoms with Crippen molar-refractivity contribution in [3.63, 3.8) is 0 Å². The van der Waals surface area contributed by atoms with Gasteiger partial charge in [0.25, 0.3) is 10.1 Å². The Bertz CT molecular complexity index is 1360. The Morgan fingerprint density at radius 1 is 1.13 bits per heavy atom. The van der Waals surface area contributed by atoms with Crippen LogP contribution in [0.3, 0.4) is 0 Å². The fourth-order valence-corrected chi connectivity index (χ4v) is 9.60. The first-order valence-corrected chi connectivity index (χ1v) is 16.3. The average molecular weight is 624 g/mol. The van der Waals surface area contributed by atoms with Gasteiger partial charge in [-0.1, -0.05) is 35.4 Å². The van der Waals surface area contributed by atoms with E-state index in [2.05, 4.69) is 40.1 Å². The summed E-state index contributed by atoms with van der Waals surface area (Å²) in [6, 6.07) is 5.73. The van der Waals surface area contributed by atoms with Gasteiger partial charge in [0.15, 0.2) is 10.9 Å². The zero-order valence-electron chi connectivity index (χ0n) is 21.6. The number of nitrogen functional groups attached to an aromatic ring is 1. The summed E-state index contributed by atoms with van der Waals surface area (Å²) < 4.78 is 30.3. The van der Waals surface area contributed by atoms with Gasteiger partial charge in [-0.05, 0) is 97.5 Å². The molecule has 38 heavy (non-hydrogen) atoms. The van der Waals surface area contributed by atoms with Gasteiger partial charge in [0.1, 0.15) is 0 Å². The number of allylic oxidation sites excluding steroid dienone is 1. The van der Waals surface area contributed by atoms with E-state index in [0.717, 1.165) is 42.3 Å². The summed E-state index contributed by atoms with van der Waals surface area (Å²) in [5, 5.41) is 14.2. The van der Waals surface area contributed by atoms with Crippen molar-refractivity contribution in [2.24, 2.45) is 28.6 Å². The Kier molecular flexibility index (Phi) is 7.44. The second-order valence-corrected chi connectivity index (χ2v) is 15.1. The number of rotatable bonds is 2. The fraction of sp³-hybridized carbons (Fsp3) is 0.571. The van der Waals surface area contributed by atoms with Gasteiger partial charge >= 0.3 is 0 Å². The third-order valence-corrected chi connectivity index (χ3v) is 12.0. The molecule has 6 rings (SSSR count). The van der Waals surface area contributed by atoms with Crippen molar-refractivity contribution in [2.75, 3.05) is 5.73 Å². The SMILES string of the molecule is C[C@@]12C[C@H](O)C3[C@H](CCC4=CC(=O)CC[C@]43C)[C@H]1CC[C@@H]2c1csc(N)n1.O=S(=O)(O)c1ccc(Br)cc1. The summed E-state index contributed by atoms with van der Waals surface area (Å²) in [6.07, 6.45) is 8.52. The summed E-state index contributed by atoms with van der Waals surface area (Å²) in [6.45, 7) is 4.71. The molecule has 0 radical (unpaired) electrons. The lowest BCUT2D eigenvalue weighted by atomic mass is 9.46. The Hall–Kier alpha value is -1.59. The van der Waals surface area contributed by atoms with Crippen molar-refractivity contribution in [3.8, 4) is 0 Å². The highest BCUT2D eigenvalue weighted by Gasteiger charge is 2.62. The minimum atomic E-state index is -4.04. The van der Waals surface area contributed by atoms with Crippen molar-refractivity contribution in [3.05, 3.63) is 51.5 Å². The highest BCUT2D eigenvalue weighted by molar-refractivity contribution is 9.10. The van der Waals surface area contributed by atoms with Crippen molar-refractivity contribution >= 4 is 48.3 Å². The van der Waals surface area contributed by atoms with E-state index in [1.54, 1.807) is 12.1 Å². The van der Waals surface area contributed by atoms with Gasteiger partial charge in [0.2, 0.25) is 0 Å². The van der Waals surface area contributed by atoms with Crippen LogP contribution in [0.4, 0.5) is 5.13 Å². The van der Waals surface area contributed by atoms with Gasteiger partial charge in [-0.25, -0.2) is 4.98 Å². The van der Waals surface area contributed by atoms with Crippen LogP contribution in [0.25, 0.3) is 0 Å². The van der Waals surface area contributed by atoms with Crippen LogP contribution in [-0.4, -0.2) is 34.9 Å². The normalized spacial score (nSPS) is 36.3. The second-order valence-electron chi connectivity index (χ2n) is 11.8. The number of halogens is 1. The third-order valence-electron chi connectivity index (χ3n) is 9.90. The van der Waals surface area contributed by atoms with Gasteiger partial charge in [-0.15, -0.1) is 11.3 Å². The number of nitrogens with two attached hydrogens (primary N) is 1. The number of carbonyl (C=O) groups excluding carboxylic acids is 1. The van der Waals surface area contributed by atoms with Crippen LogP contribution in [0.1, 0.15) is 70.4 Å². The molecule has 2 aromatic rings. The molecule has 1 aromatic carbocycles. The lowest BCUT2D eigenvalue weighted by molar-refractivity contribution is -0.129. The maximum absolute atomic E-state index is 12.0. The highest BCUT2D eigenvalue weighted by atomic mass is 79.9. The molecule has 3 saturated carbocycles. The summed E-state index contributed by atoms with van der Waals surface area (Å²) in [5.41, 5.74) is 8.47. The number of thiazole rings is 1. The molecule has 0 amide bonds. The molecule has 206 valence electrons. The number of aliphatic hydroxyl groups is 1. The smallest absolute Gasteiger partial charge is 0.294 e. The lowest BCUT2D eigenvalue weighted by Gasteiger charge is -2.59. The van der Waals surface area contributed by atoms with E-state index in [1.807, 2.05) is 6.08 Å². The Morgan fingerprint density at radius 2 is 1.84 bits per heavy atom. The highest BCUT2D eigenvalue weighted by Crippen LogP contribution is 2.68. The number of nitrogens with zero attached hydrogens (tertiary/aromatic N) is 1. The van der Waals surface area contributed by atoms with Crippen molar-refractivity contribution < 1.29 is 22.9 Å². The van der Waals surface area contributed by atoms with E-state index in [-0.39, 0.29) is 27.6 Å².